The van der Waals surface area contributed by atoms with Crippen molar-refractivity contribution in [3.8, 4) is 11.4 Å². The Kier molecular flexibility index (Phi) is 10.7. The summed E-state index contributed by atoms with van der Waals surface area (Å²) in [6.45, 7) is 11.3. The maximum Gasteiger partial charge on any atom is 0.282 e. The van der Waals surface area contributed by atoms with Crippen LogP contribution in [0.25, 0.3) is 11.3 Å². The van der Waals surface area contributed by atoms with Crippen LogP contribution in [0, 0.1) is 13.8 Å². The van der Waals surface area contributed by atoms with Crippen LogP contribution in [0.3, 0.4) is 0 Å². The second kappa shape index (κ2) is 14.6. The van der Waals surface area contributed by atoms with Gasteiger partial charge in [-0.3, -0.25) is 19.3 Å². The number of carbonyl (C=O) groups excluding carboxylic acids is 1. The minimum Gasteiger partial charge on any atom is -0.495 e. The number of methoxy groups -OCH3 is 1. The van der Waals surface area contributed by atoms with E-state index in [-0.39, 0.29) is 17.2 Å². The third-order valence-electron chi connectivity index (χ3n) is 7.72. The average molecular weight is 599 g/mol. The van der Waals surface area contributed by atoms with Gasteiger partial charge in [0.1, 0.15) is 22.8 Å². The van der Waals surface area contributed by atoms with Crippen molar-refractivity contribution in [2.75, 3.05) is 25.6 Å². The van der Waals surface area contributed by atoms with Crippen molar-refractivity contribution in [1.82, 2.24) is 34.3 Å². The van der Waals surface area contributed by atoms with Crippen molar-refractivity contribution in [2.45, 2.75) is 59.7 Å². The summed E-state index contributed by atoms with van der Waals surface area (Å²) in [5.74, 6) is 1.73. The summed E-state index contributed by atoms with van der Waals surface area (Å²) < 4.78 is 10.8. The number of anilines is 1. The van der Waals surface area contributed by atoms with Crippen molar-refractivity contribution < 1.29 is 9.53 Å². The lowest BCUT2D eigenvalue weighted by Crippen LogP contribution is -2.30. The Morgan fingerprint density at radius 1 is 1.05 bits per heavy atom. The van der Waals surface area contributed by atoms with Crippen LogP contribution in [-0.4, -0.2) is 62.0 Å². The summed E-state index contributed by atoms with van der Waals surface area (Å²) in [7, 11) is 3.69. The third-order valence-corrected chi connectivity index (χ3v) is 7.72. The zero-order valence-electron chi connectivity index (χ0n) is 26.6. The molecule has 11 heteroatoms. The van der Waals surface area contributed by atoms with E-state index in [1.807, 2.05) is 106 Å². The van der Waals surface area contributed by atoms with E-state index in [1.54, 1.807) is 23.4 Å². The highest BCUT2D eigenvalue weighted by Crippen LogP contribution is 2.38. The van der Waals surface area contributed by atoms with E-state index in [2.05, 4.69) is 20.2 Å². The molecule has 4 aromatic heterocycles. The summed E-state index contributed by atoms with van der Waals surface area (Å²) in [5.41, 5.74) is 4.28. The van der Waals surface area contributed by atoms with Crippen molar-refractivity contribution in [3.63, 3.8) is 0 Å². The van der Waals surface area contributed by atoms with Gasteiger partial charge >= 0.3 is 0 Å². The van der Waals surface area contributed by atoms with Crippen LogP contribution in [0.4, 0.5) is 5.82 Å². The van der Waals surface area contributed by atoms with Crippen LogP contribution < -0.4 is 20.5 Å². The molecule has 0 aliphatic carbocycles. The highest BCUT2D eigenvalue weighted by Gasteiger charge is 2.36. The van der Waals surface area contributed by atoms with Crippen LogP contribution in [0.2, 0.25) is 0 Å². The van der Waals surface area contributed by atoms with E-state index >= 15 is 0 Å². The van der Waals surface area contributed by atoms with E-state index in [0.29, 0.717) is 24.6 Å². The monoisotopic (exact) mass is 598 g/mol. The summed E-state index contributed by atoms with van der Waals surface area (Å²) in [6, 6.07) is 17.7. The molecule has 6 rings (SSSR count). The molecule has 0 bridgehead atoms. The average Bonchev–Trinajstić information content (AvgIpc) is 3.75. The van der Waals surface area contributed by atoms with Gasteiger partial charge in [-0.15, -0.1) is 5.10 Å². The van der Waals surface area contributed by atoms with E-state index in [4.69, 9.17) is 9.84 Å². The summed E-state index contributed by atoms with van der Waals surface area (Å²) in [5, 5.41) is 8.19. The molecule has 1 aromatic carbocycles. The number of nitrogens with zero attached hydrogens (tertiary/aromatic N) is 7. The van der Waals surface area contributed by atoms with E-state index < -0.39 is 0 Å². The maximum atomic E-state index is 12.1. The molecule has 11 nitrogen and oxygen atoms in total. The summed E-state index contributed by atoms with van der Waals surface area (Å²) >= 11 is 0. The van der Waals surface area contributed by atoms with Crippen molar-refractivity contribution in [2.24, 2.45) is 0 Å². The molecule has 5 heterocycles. The van der Waals surface area contributed by atoms with Crippen LogP contribution in [0.5, 0.6) is 5.75 Å². The number of imidazole rings is 1. The molecular formula is C33H42N8O3. The fourth-order valence-corrected chi connectivity index (χ4v) is 5.52. The molecule has 232 valence electrons. The molecule has 1 fully saturated rings. The van der Waals surface area contributed by atoms with Gasteiger partial charge in [-0.1, -0.05) is 32.0 Å². The lowest BCUT2D eigenvalue weighted by molar-refractivity contribution is 0.112. The van der Waals surface area contributed by atoms with Crippen molar-refractivity contribution in [1.29, 1.82) is 0 Å². The Morgan fingerprint density at radius 3 is 2.45 bits per heavy atom. The number of hydrogen-bond acceptors (Lipinski definition) is 8. The first-order chi connectivity index (χ1) is 21.4. The predicted octanol–water partition coefficient (Wildman–Crippen LogP) is 4.79. The fourth-order valence-electron chi connectivity index (χ4n) is 5.52. The number of aryl methyl sites for hydroxylation is 1. The Balaban J connectivity index is 0.000000203. The number of aldehydes is 1. The van der Waals surface area contributed by atoms with Crippen molar-refractivity contribution in [3.05, 3.63) is 100.0 Å². The molecule has 0 amide bonds. The number of likely N-dealkylation sites (N-methyl/N-ethyl adjacent to an activating group) is 1. The molecule has 1 N–H and O–H groups in total. The van der Waals surface area contributed by atoms with Crippen LogP contribution >= 0.6 is 0 Å². The Morgan fingerprint density at radius 2 is 1.80 bits per heavy atom. The van der Waals surface area contributed by atoms with Gasteiger partial charge in [-0.05, 0) is 70.6 Å². The van der Waals surface area contributed by atoms with E-state index in [1.165, 1.54) is 0 Å². The number of carbonyl (C=O) groups is 1. The predicted molar refractivity (Wildman–Crippen MR) is 173 cm³/mol. The molecule has 1 saturated heterocycles. The van der Waals surface area contributed by atoms with Crippen LogP contribution in [0.1, 0.15) is 60.7 Å². The summed E-state index contributed by atoms with van der Waals surface area (Å²) in [6.07, 6.45) is 5.24. The molecule has 5 aromatic rings. The number of nitrogens with one attached hydrogen (secondary N) is 1. The number of fused-ring (bicyclic) bond motifs is 1. The number of benzene rings is 1. The lowest BCUT2D eigenvalue weighted by Gasteiger charge is -2.26. The first-order valence-corrected chi connectivity index (χ1v) is 15.0. The molecule has 2 atom stereocenters. The Hall–Kier alpha value is -4.77. The van der Waals surface area contributed by atoms with E-state index in [0.717, 1.165) is 47.3 Å². The third kappa shape index (κ3) is 6.28. The van der Waals surface area contributed by atoms with Gasteiger partial charge in [0.15, 0.2) is 11.9 Å². The molecule has 44 heavy (non-hydrogen) atoms. The second-order valence-electron chi connectivity index (χ2n) is 10.1. The Bertz CT molecular complexity index is 1740. The van der Waals surface area contributed by atoms with Gasteiger partial charge in [0.2, 0.25) is 0 Å². The van der Waals surface area contributed by atoms with Crippen LogP contribution in [-0.2, 0) is 6.54 Å². The molecule has 0 radical (unpaired) electrons. The second-order valence-corrected chi connectivity index (χ2v) is 10.1. The first kappa shape index (κ1) is 32.2. The molecule has 0 unspecified atom stereocenters. The fraction of sp³-hybridized carbons (Fsp3) is 0.364. The maximum absolute atomic E-state index is 12.1. The minimum absolute atomic E-state index is 0.113. The number of pyridine rings is 1. The van der Waals surface area contributed by atoms with Crippen molar-refractivity contribution >= 4 is 17.8 Å². The topological polar surface area (TPSA) is 112 Å². The molecule has 1 aliphatic rings. The number of ether oxygens (including phenoxy) is 1. The van der Waals surface area contributed by atoms with Gasteiger partial charge < -0.3 is 15.0 Å². The molecular weight excluding hydrogens is 556 g/mol. The molecule has 1 aliphatic heterocycles. The van der Waals surface area contributed by atoms with Crippen LogP contribution in [0.15, 0.2) is 71.8 Å². The van der Waals surface area contributed by atoms with Gasteiger partial charge in [-0.2, -0.15) is 0 Å². The molecule has 0 spiro atoms. The largest absolute Gasteiger partial charge is 0.495 e. The number of aromatic nitrogens is 6. The Labute approximate surface area is 258 Å². The van der Waals surface area contributed by atoms with E-state index in [9.17, 15) is 9.59 Å². The van der Waals surface area contributed by atoms with Gasteiger partial charge in [0.05, 0.1) is 30.7 Å². The number of rotatable bonds is 7. The minimum atomic E-state index is -0.259. The zero-order valence-corrected chi connectivity index (χ0v) is 26.6. The zero-order chi connectivity index (χ0) is 31.8. The van der Waals surface area contributed by atoms with Gasteiger partial charge in [-0.25, -0.2) is 14.2 Å². The highest BCUT2D eigenvalue weighted by atomic mass is 16.5. The van der Waals surface area contributed by atoms with Gasteiger partial charge in [0.25, 0.3) is 5.56 Å². The smallest absolute Gasteiger partial charge is 0.282 e. The number of hydrogen-bond donors (Lipinski definition) is 1. The summed E-state index contributed by atoms with van der Waals surface area (Å²) in [4.78, 5) is 34.3. The van der Waals surface area contributed by atoms with Gasteiger partial charge in [0, 0.05) is 31.0 Å². The lowest BCUT2D eigenvalue weighted by atomic mass is 10.1. The normalized spacial score (nSPS) is 15.8. The molecule has 0 saturated carbocycles. The quantitative estimate of drug-likeness (QED) is 0.266. The number of para-hydroxylation sites is 1. The highest BCUT2D eigenvalue weighted by molar-refractivity contribution is 5.76. The standard InChI is InChI=1S/C18H22N6O.C13H14N2O2.C2H6/c1-12-10-21-16-6-7-17(22-24(12)16)23-11-13(19-2)9-14(23)18-15(25-3)5-4-8-20-18;1-3-14-10(2)12(9-16)13(17)15(14)11-7-5-4-6-8-11;1-2/h4-8,10,13-14,19H,9,11H2,1-3H3;4-9H,3H2,1-2H3;1-2H3/t13-,14-;;/m0../s1. The SMILES string of the molecule is CC.CCn1c(C)c(C=O)c(=O)n1-c1ccccc1.CN[C@H]1C[C@@H](c2ncccc2OC)N(c2ccc3ncc(C)n3n2)C1. The first-order valence-electron chi connectivity index (χ1n) is 15.0.